The topological polar surface area (TPSA) is 24.9 Å². The highest BCUT2D eigenvalue weighted by molar-refractivity contribution is 8.07. The predicted octanol–water partition coefficient (Wildman–Crippen LogP) is 3.99. The van der Waals surface area contributed by atoms with Crippen molar-refractivity contribution < 1.29 is 0 Å². The maximum atomic E-state index is 4.65. The van der Waals surface area contributed by atoms with Crippen molar-refractivity contribution in [3.05, 3.63) is 16.1 Å². The zero-order chi connectivity index (χ0) is 14.5. The van der Waals surface area contributed by atoms with Crippen LogP contribution >= 0.6 is 34.9 Å². The van der Waals surface area contributed by atoms with Crippen LogP contribution in [0.4, 0.5) is 0 Å². The number of aryl methyl sites for hydroxylation is 1. The average molecular weight is 331 g/mol. The van der Waals surface area contributed by atoms with Crippen LogP contribution in [0.15, 0.2) is 5.38 Å². The van der Waals surface area contributed by atoms with E-state index in [1.807, 2.05) is 11.3 Å². The summed E-state index contributed by atoms with van der Waals surface area (Å²) in [5.74, 6) is 1.27. The highest BCUT2D eigenvalue weighted by atomic mass is 32.2. The van der Waals surface area contributed by atoms with Crippen molar-refractivity contribution in [3.63, 3.8) is 0 Å². The molecule has 0 radical (unpaired) electrons. The molecule has 0 bridgehead atoms. The fourth-order valence-corrected chi connectivity index (χ4v) is 6.33. The van der Waals surface area contributed by atoms with Crippen molar-refractivity contribution in [2.24, 2.45) is 0 Å². The van der Waals surface area contributed by atoms with Crippen LogP contribution < -0.4 is 5.32 Å². The van der Waals surface area contributed by atoms with Gasteiger partial charge in [0.2, 0.25) is 0 Å². The van der Waals surface area contributed by atoms with Gasteiger partial charge < -0.3 is 5.32 Å². The summed E-state index contributed by atoms with van der Waals surface area (Å²) in [6.07, 6.45) is 2.28. The Balaban J connectivity index is 1.99. The second kappa shape index (κ2) is 8.06. The van der Waals surface area contributed by atoms with Gasteiger partial charge in [0.15, 0.2) is 0 Å². The summed E-state index contributed by atoms with van der Waals surface area (Å²) in [6.45, 7) is 10.2. The molecule has 20 heavy (non-hydrogen) atoms. The summed E-state index contributed by atoms with van der Waals surface area (Å²) >= 11 is 6.12. The Kier molecular flexibility index (Phi) is 6.72. The van der Waals surface area contributed by atoms with Crippen molar-refractivity contribution in [1.82, 2.24) is 10.3 Å². The Morgan fingerprint density at radius 2 is 2.20 bits per heavy atom. The van der Waals surface area contributed by atoms with Gasteiger partial charge in [0, 0.05) is 45.0 Å². The number of nitrogens with one attached hydrogen (secondary N) is 1. The van der Waals surface area contributed by atoms with Gasteiger partial charge in [0.25, 0.3) is 0 Å². The molecular formula is C15H26N2S3. The molecule has 0 aliphatic carbocycles. The molecule has 4 atom stereocenters. The van der Waals surface area contributed by atoms with E-state index < -0.39 is 0 Å². The molecule has 1 aromatic heterocycles. The number of rotatable bonds is 6. The summed E-state index contributed by atoms with van der Waals surface area (Å²) in [6, 6.07) is 0.563. The molecule has 2 heterocycles. The van der Waals surface area contributed by atoms with E-state index in [0.717, 1.165) is 29.2 Å². The van der Waals surface area contributed by atoms with E-state index in [4.69, 9.17) is 0 Å². The van der Waals surface area contributed by atoms with Crippen LogP contribution in [0.2, 0.25) is 0 Å². The summed E-state index contributed by atoms with van der Waals surface area (Å²) in [5.41, 5.74) is 1.16. The van der Waals surface area contributed by atoms with Crippen LogP contribution in [0.3, 0.4) is 0 Å². The van der Waals surface area contributed by atoms with Crippen molar-refractivity contribution in [1.29, 1.82) is 0 Å². The lowest BCUT2D eigenvalue weighted by molar-refractivity contribution is 0.503. The Hall–Kier alpha value is 0.290. The molecule has 0 spiro atoms. The second-order valence-electron chi connectivity index (χ2n) is 5.57. The van der Waals surface area contributed by atoms with Crippen molar-refractivity contribution in [2.75, 3.05) is 12.3 Å². The molecule has 1 saturated heterocycles. The van der Waals surface area contributed by atoms with Gasteiger partial charge in [-0.3, -0.25) is 0 Å². The highest BCUT2D eigenvalue weighted by Gasteiger charge is 2.31. The standard InChI is InChI=1S/C15H26N2S3/c1-5-6-16-13(7-15-17-10(2)8-19-15)14-9-18-11(3)12(4)20-14/h8,11-14,16H,5-7,9H2,1-4H3. The number of hydrogen-bond donors (Lipinski definition) is 1. The number of nitrogens with zero attached hydrogens (tertiary/aromatic N) is 1. The SMILES string of the molecule is CCCNC(Cc1nc(C)cs1)C1CSC(C)C(C)S1. The van der Waals surface area contributed by atoms with E-state index in [9.17, 15) is 0 Å². The zero-order valence-electron chi connectivity index (χ0n) is 12.9. The van der Waals surface area contributed by atoms with Crippen LogP contribution in [0.5, 0.6) is 0 Å². The molecule has 2 rings (SSSR count). The Morgan fingerprint density at radius 3 is 2.80 bits per heavy atom. The molecule has 2 nitrogen and oxygen atoms in total. The molecular weight excluding hydrogens is 304 g/mol. The molecule has 114 valence electrons. The summed E-state index contributed by atoms with van der Waals surface area (Å²) in [5, 5.41) is 9.46. The third-order valence-corrected chi connectivity index (χ3v) is 8.28. The number of thiazole rings is 1. The van der Waals surface area contributed by atoms with Crippen LogP contribution in [-0.2, 0) is 6.42 Å². The van der Waals surface area contributed by atoms with Gasteiger partial charge in [-0.2, -0.15) is 23.5 Å². The second-order valence-corrected chi connectivity index (χ2v) is 9.54. The van der Waals surface area contributed by atoms with Crippen LogP contribution in [-0.4, -0.2) is 39.1 Å². The van der Waals surface area contributed by atoms with E-state index in [0.29, 0.717) is 11.3 Å². The molecule has 1 N–H and O–H groups in total. The average Bonchev–Trinajstić information content (AvgIpc) is 2.83. The number of aromatic nitrogens is 1. The molecule has 5 heteroatoms. The summed E-state index contributed by atoms with van der Waals surface area (Å²) in [7, 11) is 0. The molecule has 1 fully saturated rings. The van der Waals surface area contributed by atoms with E-state index in [2.05, 4.69) is 66.9 Å². The zero-order valence-corrected chi connectivity index (χ0v) is 15.3. The third-order valence-electron chi connectivity index (χ3n) is 3.74. The first kappa shape index (κ1) is 16.7. The van der Waals surface area contributed by atoms with Crippen molar-refractivity contribution in [3.8, 4) is 0 Å². The van der Waals surface area contributed by atoms with E-state index >= 15 is 0 Å². The quantitative estimate of drug-likeness (QED) is 0.852. The minimum absolute atomic E-state index is 0.563. The Bertz CT molecular complexity index is 408. The summed E-state index contributed by atoms with van der Waals surface area (Å²) < 4.78 is 0. The number of thioether (sulfide) groups is 2. The highest BCUT2D eigenvalue weighted by Crippen LogP contribution is 2.37. The summed E-state index contributed by atoms with van der Waals surface area (Å²) in [4.78, 5) is 4.65. The van der Waals surface area contributed by atoms with Gasteiger partial charge in [-0.1, -0.05) is 20.8 Å². The molecule has 1 aliphatic rings. The van der Waals surface area contributed by atoms with Crippen molar-refractivity contribution in [2.45, 2.75) is 62.3 Å². The van der Waals surface area contributed by atoms with Crippen LogP contribution in [0, 0.1) is 6.92 Å². The lowest BCUT2D eigenvalue weighted by Crippen LogP contribution is -2.45. The Morgan fingerprint density at radius 1 is 1.40 bits per heavy atom. The van der Waals surface area contributed by atoms with Gasteiger partial charge in [-0.25, -0.2) is 4.98 Å². The lowest BCUT2D eigenvalue weighted by Gasteiger charge is -2.36. The molecule has 1 aromatic rings. The minimum atomic E-state index is 0.563. The Labute approximate surface area is 135 Å². The van der Waals surface area contributed by atoms with Gasteiger partial charge in [0.05, 0.1) is 5.01 Å². The number of hydrogen-bond acceptors (Lipinski definition) is 5. The lowest BCUT2D eigenvalue weighted by atomic mass is 10.1. The largest absolute Gasteiger partial charge is 0.312 e. The van der Waals surface area contributed by atoms with E-state index in [1.54, 1.807) is 0 Å². The first-order valence-electron chi connectivity index (χ1n) is 7.51. The minimum Gasteiger partial charge on any atom is -0.312 e. The first-order chi connectivity index (χ1) is 9.60. The third kappa shape index (κ3) is 4.65. The maximum Gasteiger partial charge on any atom is 0.0944 e. The van der Waals surface area contributed by atoms with Gasteiger partial charge in [-0.15, -0.1) is 11.3 Å². The van der Waals surface area contributed by atoms with Gasteiger partial charge in [0.1, 0.15) is 0 Å². The molecule has 0 amide bonds. The van der Waals surface area contributed by atoms with Gasteiger partial charge >= 0.3 is 0 Å². The molecule has 1 aliphatic heterocycles. The monoisotopic (exact) mass is 330 g/mol. The smallest absolute Gasteiger partial charge is 0.0944 e. The van der Waals surface area contributed by atoms with Crippen LogP contribution in [0.1, 0.15) is 37.9 Å². The maximum absolute atomic E-state index is 4.65. The van der Waals surface area contributed by atoms with E-state index in [-0.39, 0.29) is 0 Å². The fourth-order valence-electron chi connectivity index (χ4n) is 2.37. The van der Waals surface area contributed by atoms with Crippen LogP contribution in [0.25, 0.3) is 0 Å². The van der Waals surface area contributed by atoms with Crippen molar-refractivity contribution >= 4 is 34.9 Å². The predicted molar refractivity (Wildman–Crippen MR) is 95.4 cm³/mol. The van der Waals surface area contributed by atoms with E-state index in [1.165, 1.54) is 17.2 Å². The normalized spacial score (nSPS) is 28.5. The molecule has 0 aromatic carbocycles. The first-order valence-corrected chi connectivity index (χ1v) is 10.4. The molecule has 0 saturated carbocycles. The fraction of sp³-hybridized carbons (Fsp3) is 0.800. The molecule has 4 unspecified atom stereocenters. The van der Waals surface area contributed by atoms with Gasteiger partial charge in [-0.05, 0) is 19.9 Å².